The molecular weight excluding hydrogens is 290 g/mol. The van der Waals surface area contributed by atoms with Gasteiger partial charge in [0.1, 0.15) is 11.3 Å². The number of benzene rings is 1. The maximum absolute atomic E-state index is 12.2. The summed E-state index contributed by atoms with van der Waals surface area (Å²) in [5.41, 5.74) is 3.00. The van der Waals surface area contributed by atoms with Gasteiger partial charge in [0.2, 0.25) is 0 Å². The molecule has 5 nitrogen and oxygen atoms in total. The predicted molar refractivity (Wildman–Crippen MR) is 85.0 cm³/mol. The van der Waals surface area contributed by atoms with Crippen molar-refractivity contribution < 1.29 is 9.32 Å². The molecule has 0 radical (unpaired) electrons. The van der Waals surface area contributed by atoms with E-state index in [-0.39, 0.29) is 18.3 Å². The molecule has 2 N–H and O–H groups in total. The first kappa shape index (κ1) is 17.2. The Hall–Kier alpha value is -1.85. The topological polar surface area (TPSA) is 67.2 Å². The summed E-state index contributed by atoms with van der Waals surface area (Å²) in [5.74, 6) is 0.339. The predicted octanol–water partition coefficient (Wildman–Crippen LogP) is 3.08. The zero-order valence-electron chi connectivity index (χ0n) is 12.4. The van der Waals surface area contributed by atoms with Crippen molar-refractivity contribution in [2.24, 2.45) is 0 Å². The molecule has 0 aliphatic rings. The van der Waals surface area contributed by atoms with Crippen molar-refractivity contribution in [2.75, 3.05) is 11.9 Å². The molecule has 1 amide bonds. The molecule has 1 heterocycles. The lowest BCUT2D eigenvalue weighted by Gasteiger charge is -2.07. The van der Waals surface area contributed by atoms with E-state index in [1.54, 1.807) is 13.8 Å². The Kier molecular flexibility index (Phi) is 6.39. The Morgan fingerprint density at radius 3 is 2.71 bits per heavy atom. The van der Waals surface area contributed by atoms with Crippen molar-refractivity contribution in [3.63, 3.8) is 0 Å². The number of aromatic nitrogens is 1. The van der Waals surface area contributed by atoms with Crippen molar-refractivity contribution >= 4 is 24.0 Å². The number of anilines is 1. The number of hydrogen-bond acceptors (Lipinski definition) is 4. The normalized spacial score (nSPS) is 10.0. The number of carbonyl (C=O) groups is 1. The number of nitrogens with zero attached hydrogens (tertiary/aromatic N) is 1. The molecule has 0 fully saturated rings. The molecule has 0 saturated heterocycles. The minimum absolute atomic E-state index is 0. The van der Waals surface area contributed by atoms with Crippen molar-refractivity contribution in [2.45, 2.75) is 27.3 Å². The summed E-state index contributed by atoms with van der Waals surface area (Å²) >= 11 is 0. The van der Waals surface area contributed by atoms with Crippen LogP contribution in [-0.4, -0.2) is 17.6 Å². The first-order chi connectivity index (χ1) is 9.61. The average Bonchev–Trinajstić information content (AvgIpc) is 2.76. The number of carbonyl (C=O) groups excluding carboxylic acids is 1. The number of aryl methyl sites for hydroxylation is 2. The summed E-state index contributed by atoms with van der Waals surface area (Å²) in [6.07, 6.45) is 0. The van der Waals surface area contributed by atoms with Crippen LogP contribution in [0.2, 0.25) is 0 Å². The summed E-state index contributed by atoms with van der Waals surface area (Å²) in [6, 6.07) is 7.77. The number of halogens is 1. The molecule has 114 valence electrons. The van der Waals surface area contributed by atoms with Crippen LogP contribution in [0.4, 0.5) is 5.69 Å². The van der Waals surface area contributed by atoms with Crippen LogP contribution in [0.3, 0.4) is 0 Å². The molecule has 1 aromatic carbocycles. The second-order valence-corrected chi connectivity index (χ2v) is 4.63. The highest BCUT2D eigenvalue weighted by Gasteiger charge is 2.17. The quantitative estimate of drug-likeness (QED) is 0.890. The van der Waals surface area contributed by atoms with Gasteiger partial charge in [-0.05, 0) is 38.1 Å². The number of rotatable bonds is 5. The number of hydrogen-bond donors (Lipinski definition) is 2. The van der Waals surface area contributed by atoms with Crippen LogP contribution >= 0.6 is 12.4 Å². The molecule has 2 rings (SSSR count). The summed E-state index contributed by atoms with van der Waals surface area (Å²) in [6.45, 7) is 7.24. The Morgan fingerprint density at radius 2 is 2.10 bits per heavy atom. The van der Waals surface area contributed by atoms with Gasteiger partial charge in [-0.1, -0.05) is 24.2 Å². The first-order valence-corrected chi connectivity index (χ1v) is 6.65. The summed E-state index contributed by atoms with van der Waals surface area (Å²) in [4.78, 5) is 12.2. The van der Waals surface area contributed by atoms with Crippen molar-refractivity contribution in [3.8, 4) is 0 Å². The first-order valence-electron chi connectivity index (χ1n) is 6.65. The van der Waals surface area contributed by atoms with E-state index >= 15 is 0 Å². The van der Waals surface area contributed by atoms with E-state index in [2.05, 4.69) is 22.7 Å². The molecule has 0 aliphatic heterocycles. The number of amides is 1. The highest BCUT2D eigenvalue weighted by Crippen LogP contribution is 2.16. The van der Waals surface area contributed by atoms with Crippen molar-refractivity contribution in [1.82, 2.24) is 10.5 Å². The van der Waals surface area contributed by atoms with Gasteiger partial charge in [0.05, 0.1) is 5.69 Å². The molecule has 0 unspecified atom stereocenters. The third-order valence-electron chi connectivity index (χ3n) is 3.02. The Bertz CT molecular complexity index is 591. The zero-order chi connectivity index (χ0) is 14.5. The fourth-order valence-electron chi connectivity index (χ4n) is 2.03. The summed E-state index contributed by atoms with van der Waals surface area (Å²) < 4.78 is 5.01. The highest BCUT2D eigenvalue weighted by atomic mass is 35.5. The summed E-state index contributed by atoms with van der Waals surface area (Å²) in [5, 5.41) is 9.92. The monoisotopic (exact) mass is 309 g/mol. The highest BCUT2D eigenvalue weighted by molar-refractivity contribution is 6.05. The zero-order valence-corrected chi connectivity index (χ0v) is 13.2. The van der Waals surface area contributed by atoms with E-state index < -0.39 is 0 Å². The third-order valence-corrected chi connectivity index (χ3v) is 3.02. The van der Waals surface area contributed by atoms with Crippen LogP contribution in [0.25, 0.3) is 0 Å². The largest absolute Gasteiger partial charge is 0.361 e. The average molecular weight is 310 g/mol. The Balaban J connectivity index is 0.00000220. The fourth-order valence-corrected chi connectivity index (χ4v) is 2.03. The maximum atomic E-state index is 12.2. The van der Waals surface area contributed by atoms with Crippen LogP contribution in [0, 0.1) is 13.8 Å². The molecule has 6 heteroatoms. The lowest BCUT2D eigenvalue weighted by molar-refractivity contribution is 0.102. The van der Waals surface area contributed by atoms with Gasteiger partial charge < -0.3 is 15.2 Å². The van der Waals surface area contributed by atoms with Gasteiger partial charge in [0.25, 0.3) is 5.91 Å². The molecule has 0 aliphatic carbocycles. The van der Waals surface area contributed by atoms with Crippen LogP contribution in [0.15, 0.2) is 28.8 Å². The third kappa shape index (κ3) is 4.31. The van der Waals surface area contributed by atoms with E-state index in [1.807, 2.05) is 24.3 Å². The molecule has 21 heavy (non-hydrogen) atoms. The van der Waals surface area contributed by atoms with Crippen molar-refractivity contribution in [3.05, 3.63) is 46.8 Å². The van der Waals surface area contributed by atoms with Crippen LogP contribution in [0.5, 0.6) is 0 Å². The minimum atomic E-state index is -0.193. The molecule has 0 bridgehead atoms. The fraction of sp³-hybridized carbons (Fsp3) is 0.333. The molecule has 0 atom stereocenters. The smallest absolute Gasteiger partial charge is 0.261 e. The van der Waals surface area contributed by atoms with Crippen LogP contribution in [-0.2, 0) is 6.54 Å². The standard InChI is InChI=1S/C15H19N3O2.ClH/c1-4-16-9-12-6-5-7-13(8-12)17-15(19)14-10(2)18-20-11(14)3;/h5-8,16H,4,9H2,1-3H3,(H,17,19);1H. The van der Waals surface area contributed by atoms with E-state index in [0.717, 1.165) is 24.3 Å². The van der Waals surface area contributed by atoms with Gasteiger partial charge in [-0.3, -0.25) is 4.79 Å². The molecule has 0 saturated carbocycles. The van der Waals surface area contributed by atoms with E-state index in [4.69, 9.17) is 4.52 Å². The van der Waals surface area contributed by atoms with Crippen LogP contribution in [0.1, 0.15) is 34.3 Å². The lowest BCUT2D eigenvalue weighted by atomic mass is 10.1. The van der Waals surface area contributed by atoms with Crippen LogP contribution < -0.4 is 10.6 Å². The van der Waals surface area contributed by atoms with Gasteiger partial charge in [-0.25, -0.2) is 0 Å². The van der Waals surface area contributed by atoms with Gasteiger partial charge in [0.15, 0.2) is 0 Å². The number of nitrogens with one attached hydrogen (secondary N) is 2. The van der Waals surface area contributed by atoms with Gasteiger partial charge in [-0.15, -0.1) is 12.4 Å². The molecular formula is C15H20ClN3O2. The van der Waals surface area contributed by atoms with E-state index in [0.29, 0.717) is 17.0 Å². The Morgan fingerprint density at radius 1 is 1.33 bits per heavy atom. The maximum Gasteiger partial charge on any atom is 0.261 e. The molecule has 1 aromatic heterocycles. The van der Waals surface area contributed by atoms with Crippen molar-refractivity contribution in [1.29, 1.82) is 0 Å². The Labute approximate surface area is 130 Å². The second kappa shape index (κ2) is 7.81. The minimum Gasteiger partial charge on any atom is -0.361 e. The van der Waals surface area contributed by atoms with Gasteiger partial charge >= 0.3 is 0 Å². The second-order valence-electron chi connectivity index (χ2n) is 4.63. The SMILES string of the molecule is CCNCc1cccc(NC(=O)c2c(C)noc2C)c1.Cl. The summed E-state index contributed by atoms with van der Waals surface area (Å²) in [7, 11) is 0. The van der Waals surface area contributed by atoms with E-state index in [1.165, 1.54) is 0 Å². The van der Waals surface area contributed by atoms with Gasteiger partial charge in [0, 0.05) is 12.2 Å². The molecule has 0 spiro atoms. The lowest BCUT2D eigenvalue weighted by Crippen LogP contribution is -2.15. The van der Waals surface area contributed by atoms with E-state index in [9.17, 15) is 4.79 Å². The van der Waals surface area contributed by atoms with Gasteiger partial charge in [-0.2, -0.15) is 0 Å². The molecule has 2 aromatic rings.